The lowest BCUT2D eigenvalue weighted by Gasteiger charge is -2.36. The largest absolute Gasteiger partial charge is 0.493 e. The molecule has 0 radical (unpaired) electrons. The van der Waals surface area contributed by atoms with Gasteiger partial charge in [-0.3, -0.25) is 0 Å². The highest BCUT2D eigenvalue weighted by Gasteiger charge is 2.42. The third kappa shape index (κ3) is 4.08. The maximum atomic E-state index is 12.6. The number of ether oxygens (including phenoxy) is 4. The molecule has 0 aromatic heterocycles. The van der Waals surface area contributed by atoms with Gasteiger partial charge in [0.25, 0.3) is 0 Å². The van der Waals surface area contributed by atoms with Crippen LogP contribution in [0.3, 0.4) is 0 Å². The van der Waals surface area contributed by atoms with Crippen molar-refractivity contribution in [3.05, 3.63) is 23.8 Å². The SMILES string of the molecule is COc1ccc(CCS(=O)(=O)N2CCC3(CC2)OCCO3)cc1OC. The highest BCUT2D eigenvalue weighted by Crippen LogP contribution is 2.32. The number of nitrogens with zero attached hydrogens (tertiary/aromatic N) is 1. The van der Waals surface area contributed by atoms with Crippen LogP contribution in [0.25, 0.3) is 0 Å². The number of hydrogen-bond donors (Lipinski definition) is 0. The standard InChI is InChI=1S/C17H25NO6S/c1-21-15-4-3-14(13-16(15)22-2)5-12-25(19,20)18-8-6-17(7-9-18)23-10-11-24-17/h3-4,13H,5-12H2,1-2H3. The Bertz CT molecular complexity index is 689. The van der Waals surface area contributed by atoms with Crippen LogP contribution in [0.1, 0.15) is 18.4 Å². The Hall–Kier alpha value is -1.35. The molecule has 0 bridgehead atoms. The van der Waals surface area contributed by atoms with Crippen LogP contribution >= 0.6 is 0 Å². The van der Waals surface area contributed by atoms with Crippen LogP contribution in [0.4, 0.5) is 0 Å². The van der Waals surface area contributed by atoms with E-state index in [-0.39, 0.29) is 5.75 Å². The molecule has 8 heteroatoms. The van der Waals surface area contributed by atoms with Crippen LogP contribution in [-0.2, 0) is 25.9 Å². The minimum Gasteiger partial charge on any atom is -0.493 e. The summed E-state index contributed by atoms with van der Waals surface area (Å²) in [7, 11) is -0.176. The average Bonchev–Trinajstić information content (AvgIpc) is 3.08. The first-order valence-corrected chi connectivity index (χ1v) is 10.1. The monoisotopic (exact) mass is 371 g/mol. The van der Waals surface area contributed by atoms with Gasteiger partial charge in [-0.05, 0) is 24.1 Å². The summed E-state index contributed by atoms with van der Waals surface area (Å²) in [6, 6.07) is 5.47. The second-order valence-corrected chi connectivity index (χ2v) is 8.35. The molecule has 1 spiro atoms. The quantitative estimate of drug-likeness (QED) is 0.753. The van der Waals surface area contributed by atoms with Crippen molar-refractivity contribution in [3.8, 4) is 11.5 Å². The van der Waals surface area contributed by atoms with Crippen LogP contribution < -0.4 is 9.47 Å². The molecule has 0 atom stereocenters. The van der Waals surface area contributed by atoms with Gasteiger partial charge in [0.05, 0.1) is 33.2 Å². The van der Waals surface area contributed by atoms with Gasteiger partial charge >= 0.3 is 0 Å². The van der Waals surface area contributed by atoms with Crippen LogP contribution in [-0.4, -0.2) is 64.8 Å². The van der Waals surface area contributed by atoms with Gasteiger partial charge in [-0.2, -0.15) is 0 Å². The van der Waals surface area contributed by atoms with E-state index in [0.29, 0.717) is 57.1 Å². The van der Waals surface area contributed by atoms with Crippen molar-refractivity contribution in [2.45, 2.75) is 25.0 Å². The molecular formula is C17H25NO6S. The lowest BCUT2D eigenvalue weighted by atomic mass is 10.1. The summed E-state index contributed by atoms with van der Waals surface area (Å²) in [5.41, 5.74) is 0.900. The normalized spacial score (nSPS) is 20.7. The number of hydrogen-bond acceptors (Lipinski definition) is 6. The lowest BCUT2D eigenvalue weighted by molar-refractivity contribution is -0.179. The van der Waals surface area contributed by atoms with E-state index in [0.717, 1.165) is 5.56 Å². The predicted octanol–water partition coefficient (Wildman–Crippen LogP) is 1.42. The van der Waals surface area contributed by atoms with Gasteiger partial charge in [0.2, 0.25) is 10.0 Å². The number of benzene rings is 1. The number of rotatable bonds is 6. The first-order valence-electron chi connectivity index (χ1n) is 8.45. The van der Waals surface area contributed by atoms with E-state index in [1.165, 1.54) is 0 Å². The number of sulfonamides is 1. The molecule has 0 N–H and O–H groups in total. The van der Waals surface area contributed by atoms with E-state index in [2.05, 4.69) is 0 Å². The highest BCUT2D eigenvalue weighted by atomic mass is 32.2. The van der Waals surface area contributed by atoms with E-state index in [1.54, 1.807) is 24.6 Å². The van der Waals surface area contributed by atoms with Gasteiger partial charge in [0.1, 0.15) is 0 Å². The second kappa shape index (κ2) is 7.49. The first-order chi connectivity index (χ1) is 12.0. The smallest absolute Gasteiger partial charge is 0.214 e. The first kappa shape index (κ1) is 18.4. The zero-order chi connectivity index (χ0) is 17.9. The van der Waals surface area contributed by atoms with Crippen molar-refractivity contribution in [3.63, 3.8) is 0 Å². The summed E-state index contributed by atoms with van der Waals surface area (Å²) in [6.07, 6.45) is 1.60. The Morgan fingerprint density at radius 2 is 1.72 bits per heavy atom. The summed E-state index contributed by atoms with van der Waals surface area (Å²) < 4.78 is 48.6. The minimum absolute atomic E-state index is 0.0667. The Labute approximate surface area is 148 Å². The third-order valence-corrected chi connectivity index (χ3v) is 6.66. The summed E-state index contributed by atoms with van der Waals surface area (Å²) in [5, 5.41) is 0. The fourth-order valence-corrected chi connectivity index (χ4v) is 4.79. The second-order valence-electron chi connectivity index (χ2n) is 6.26. The molecule has 0 amide bonds. The van der Waals surface area contributed by atoms with Gasteiger partial charge in [-0.15, -0.1) is 0 Å². The Balaban J connectivity index is 1.59. The number of aryl methyl sites for hydroxylation is 1. The molecule has 25 heavy (non-hydrogen) atoms. The number of methoxy groups -OCH3 is 2. The Morgan fingerprint density at radius 1 is 1.08 bits per heavy atom. The van der Waals surface area contributed by atoms with Crippen LogP contribution in [0.2, 0.25) is 0 Å². The Morgan fingerprint density at radius 3 is 2.32 bits per heavy atom. The van der Waals surface area contributed by atoms with Crippen LogP contribution in [0, 0.1) is 0 Å². The third-order valence-electron chi connectivity index (χ3n) is 4.79. The fourth-order valence-electron chi connectivity index (χ4n) is 3.30. The fraction of sp³-hybridized carbons (Fsp3) is 0.647. The molecule has 0 saturated carbocycles. The Kier molecular flexibility index (Phi) is 5.52. The highest BCUT2D eigenvalue weighted by molar-refractivity contribution is 7.89. The molecular weight excluding hydrogens is 346 g/mol. The zero-order valence-corrected chi connectivity index (χ0v) is 15.5. The molecule has 140 valence electrons. The maximum Gasteiger partial charge on any atom is 0.214 e. The van der Waals surface area contributed by atoms with E-state index in [1.807, 2.05) is 12.1 Å². The molecule has 2 fully saturated rings. The molecule has 0 aliphatic carbocycles. The van der Waals surface area contributed by atoms with Crippen molar-refractivity contribution in [2.75, 3.05) is 46.3 Å². The molecule has 7 nitrogen and oxygen atoms in total. The van der Waals surface area contributed by atoms with E-state index in [9.17, 15) is 8.42 Å². The average molecular weight is 371 g/mol. The summed E-state index contributed by atoms with van der Waals surface area (Å²) in [6.45, 7) is 2.06. The van der Waals surface area contributed by atoms with Crippen molar-refractivity contribution < 1.29 is 27.4 Å². The number of piperidine rings is 1. The molecule has 0 unspecified atom stereocenters. The maximum absolute atomic E-state index is 12.6. The summed E-state index contributed by atoms with van der Waals surface area (Å²) in [5.74, 6) is 0.742. The molecule has 2 saturated heterocycles. The van der Waals surface area contributed by atoms with Gasteiger partial charge in [-0.1, -0.05) is 6.07 Å². The van der Waals surface area contributed by atoms with Gasteiger partial charge in [0.15, 0.2) is 17.3 Å². The minimum atomic E-state index is -3.31. The molecule has 3 rings (SSSR count). The van der Waals surface area contributed by atoms with Crippen molar-refractivity contribution in [1.29, 1.82) is 0 Å². The summed E-state index contributed by atoms with van der Waals surface area (Å²) >= 11 is 0. The lowest BCUT2D eigenvalue weighted by Crippen LogP contribution is -2.47. The van der Waals surface area contributed by atoms with Gasteiger partial charge < -0.3 is 18.9 Å². The van der Waals surface area contributed by atoms with Crippen molar-refractivity contribution >= 4 is 10.0 Å². The van der Waals surface area contributed by atoms with Crippen molar-refractivity contribution in [2.24, 2.45) is 0 Å². The summed E-state index contributed by atoms with van der Waals surface area (Å²) in [4.78, 5) is 0. The predicted molar refractivity (Wildman–Crippen MR) is 92.5 cm³/mol. The van der Waals surface area contributed by atoms with Crippen LogP contribution in [0.15, 0.2) is 18.2 Å². The molecule has 2 aliphatic heterocycles. The van der Waals surface area contributed by atoms with Crippen LogP contribution in [0.5, 0.6) is 11.5 Å². The van der Waals surface area contributed by atoms with E-state index < -0.39 is 15.8 Å². The molecule has 2 heterocycles. The topological polar surface area (TPSA) is 74.3 Å². The molecule has 2 aliphatic rings. The van der Waals surface area contributed by atoms with Gasteiger partial charge in [-0.25, -0.2) is 12.7 Å². The molecule has 1 aromatic rings. The van der Waals surface area contributed by atoms with E-state index >= 15 is 0 Å². The van der Waals surface area contributed by atoms with Crippen molar-refractivity contribution in [1.82, 2.24) is 4.31 Å². The zero-order valence-electron chi connectivity index (χ0n) is 14.7. The van der Waals surface area contributed by atoms with E-state index in [4.69, 9.17) is 18.9 Å². The molecule has 1 aromatic carbocycles. The van der Waals surface area contributed by atoms with Gasteiger partial charge in [0, 0.05) is 25.9 Å².